The van der Waals surface area contributed by atoms with E-state index >= 15 is 0 Å². The van der Waals surface area contributed by atoms with Crippen LogP contribution in [0.15, 0.2) is 48.5 Å². The molecule has 0 atom stereocenters. The fraction of sp³-hybridized carbons (Fsp3) is 0.316. The van der Waals surface area contributed by atoms with E-state index in [0.717, 1.165) is 29.2 Å². The van der Waals surface area contributed by atoms with Crippen LogP contribution in [-0.4, -0.2) is 36.2 Å². The number of carboxylic acids is 1. The van der Waals surface area contributed by atoms with Crippen molar-refractivity contribution in [2.75, 3.05) is 20.2 Å². The Morgan fingerprint density at radius 1 is 1.12 bits per heavy atom. The molecule has 0 aliphatic carbocycles. The van der Waals surface area contributed by atoms with Gasteiger partial charge in [0.15, 0.2) is 0 Å². The normalized spacial score (nSPS) is 14.9. The van der Waals surface area contributed by atoms with Crippen molar-refractivity contribution in [1.82, 2.24) is 4.90 Å². The minimum atomic E-state index is -0.701. The highest BCUT2D eigenvalue weighted by atomic mass is 16.5. The van der Waals surface area contributed by atoms with Crippen LogP contribution in [0.1, 0.15) is 11.1 Å². The number of hydrogen-bond donors (Lipinski definition) is 1. The fourth-order valence-corrected chi connectivity index (χ4v) is 2.73. The average molecular weight is 327 g/mol. The molecule has 126 valence electrons. The lowest BCUT2D eigenvalue weighted by Crippen LogP contribution is -2.49. The summed E-state index contributed by atoms with van der Waals surface area (Å²) in [4.78, 5) is 12.9. The Hall–Kier alpha value is -2.53. The molecule has 0 unspecified atom stereocenters. The number of ether oxygens (including phenoxy) is 2. The van der Waals surface area contributed by atoms with E-state index in [4.69, 9.17) is 14.6 Å². The Balaban J connectivity index is 1.49. The molecular weight excluding hydrogens is 306 g/mol. The van der Waals surface area contributed by atoms with Crippen molar-refractivity contribution < 1.29 is 19.4 Å². The quantitative estimate of drug-likeness (QED) is 0.847. The van der Waals surface area contributed by atoms with Crippen molar-refractivity contribution >= 4 is 5.97 Å². The number of carboxylic acid groups (broad SMARTS) is 1. The molecule has 3 rings (SSSR count). The maximum absolute atomic E-state index is 10.8. The van der Waals surface area contributed by atoms with Crippen LogP contribution in [0.4, 0.5) is 0 Å². The molecule has 1 heterocycles. The van der Waals surface area contributed by atoms with Crippen molar-refractivity contribution in [1.29, 1.82) is 0 Å². The van der Waals surface area contributed by atoms with Crippen LogP contribution < -0.4 is 9.47 Å². The van der Waals surface area contributed by atoms with Gasteiger partial charge in [-0.15, -0.1) is 0 Å². The summed E-state index contributed by atoms with van der Waals surface area (Å²) in [6.45, 7) is 2.52. The van der Waals surface area contributed by atoms with Gasteiger partial charge in [-0.25, -0.2) is 0 Å². The molecule has 1 saturated heterocycles. The number of carbonyl (C=O) groups is 1. The van der Waals surface area contributed by atoms with E-state index in [-0.39, 0.29) is 5.92 Å². The molecule has 1 fully saturated rings. The van der Waals surface area contributed by atoms with Crippen LogP contribution >= 0.6 is 0 Å². The van der Waals surface area contributed by atoms with Gasteiger partial charge in [0.05, 0.1) is 13.0 Å². The Labute approximate surface area is 141 Å². The van der Waals surface area contributed by atoms with Gasteiger partial charge >= 0.3 is 5.97 Å². The lowest BCUT2D eigenvalue weighted by Gasteiger charge is -2.36. The van der Waals surface area contributed by atoms with E-state index in [1.165, 1.54) is 0 Å². The van der Waals surface area contributed by atoms with Gasteiger partial charge < -0.3 is 14.6 Å². The van der Waals surface area contributed by atoms with Crippen LogP contribution in [-0.2, 0) is 17.9 Å². The third kappa shape index (κ3) is 4.06. The Morgan fingerprint density at radius 2 is 1.88 bits per heavy atom. The summed E-state index contributed by atoms with van der Waals surface area (Å²) in [5.74, 6) is 0.720. The smallest absolute Gasteiger partial charge is 0.309 e. The molecule has 1 aliphatic rings. The third-order valence-corrected chi connectivity index (χ3v) is 4.18. The summed E-state index contributed by atoms with van der Waals surface area (Å²) < 4.78 is 11.0. The van der Waals surface area contributed by atoms with Crippen LogP contribution in [0.2, 0.25) is 0 Å². The van der Waals surface area contributed by atoms with Gasteiger partial charge in [0, 0.05) is 19.6 Å². The predicted molar refractivity (Wildman–Crippen MR) is 90.2 cm³/mol. The van der Waals surface area contributed by atoms with Gasteiger partial charge in [-0.1, -0.05) is 24.3 Å². The van der Waals surface area contributed by atoms with Crippen molar-refractivity contribution in [2.24, 2.45) is 5.92 Å². The largest absolute Gasteiger partial charge is 0.497 e. The Kier molecular flexibility index (Phi) is 5.01. The maximum atomic E-state index is 10.8. The van der Waals surface area contributed by atoms with E-state index in [1.54, 1.807) is 7.11 Å². The summed E-state index contributed by atoms with van der Waals surface area (Å²) in [7, 11) is 1.65. The SMILES string of the molecule is COc1cccc(COc2ccc(CN3CC(C(=O)O)C3)cc2)c1. The van der Waals surface area contributed by atoms with Crippen LogP contribution in [0.5, 0.6) is 11.5 Å². The topological polar surface area (TPSA) is 59.0 Å². The van der Waals surface area contributed by atoms with Gasteiger partial charge in [0.2, 0.25) is 0 Å². The predicted octanol–water partition coefficient (Wildman–Crippen LogP) is 2.79. The van der Waals surface area contributed by atoms with Gasteiger partial charge in [0.1, 0.15) is 18.1 Å². The standard InChI is InChI=1S/C19H21NO4/c1-23-18-4-2-3-15(9-18)13-24-17-7-5-14(6-8-17)10-20-11-16(12-20)19(21)22/h2-9,16H,10-13H2,1H3,(H,21,22). The number of methoxy groups -OCH3 is 1. The third-order valence-electron chi connectivity index (χ3n) is 4.18. The lowest BCUT2D eigenvalue weighted by atomic mass is 10.00. The molecule has 0 amide bonds. The van der Waals surface area contributed by atoms with Crippen LogP contribution in [0, 0.1) is 5.92 Å². The minimum absolute atomic E-state index is 0.213. The zero-order chi connectivity index (χ0) is 16.9. The monoisotopic (exact) mass is 327 g/mol. The minimum Gasteiger partial charge on any atom is -0.497 e. The second-order valence-corrected chi connectivity index (χ2v) is 6.01. The number of rotatable bonds is 7. The Bertz CT molecular complexity index is 693. The van der Waals surface area contributed by atoms with Gasteiger partial charge in [-0.2, -0.15) is 0 Å². The number of hydrogen-bond acceptors (Lipinski definition) is 4. The first kappa shape index (κ1) is 16.3. The summed E-state index contributed by atoms with van der Waals surface area (Å²) in [6, 6.07) is 15.7. The van der Waals surface area contributed by atoms with E-state index < -0.39 is 5.97 Å². The first-order chi connectivity index (χ1) is 11.6. The van der Waals surface area contributed by atoms with Gasteiger partial charge in [-0.05, 0) is 35.4 Å². The summed E-state index contributed by atoms with van der Waals surface area (Å²) in [6.07, 6.45) is 0. The zero-order valence-corrected chi connectivity index (χ0v) is 13.6. The first-order valence-corrected chi connectivity index (χ1v) is 7.94. The van der Waals surface area contributed by atoms with Crippen LogP contribution in [0.3, 0.4) is 0 Å². The lowest BCUT2D eigenvalue weighted by molar-refractivity contribution is -0.147. The molecule has 1 aliphatic heterocycles. The second-order valence-electron chi connectivity index (χ2n) is 6.01. The van der Waals surface area contributed by atoms with Crippen LogP contribution in [0.25, 0.3) is 0 Å². The van der Waals surface area contributed by atoms with E-state index in [0.29, 0.717) is 19.7 Å². The van der Waals surface area contributed by atoms with Crippen molar-refractivity contribution in [2.45, 2.75) is 13.2 Å². The van der Waals surface area contributed by atoms with Gasteiger partial charge in [-0.3, -0.25) is 9.69 Å². The molecule has 2 aromatic rings. The molecule has 5 heteroatoms. The number of nitrogens with zero attached hydrogens (tertiary/aromatic N) is 1. The molecule has 1 N–H and O–H groups in total. The summed E-state index contributed by atoms with van der Waals surface area (Å²) in [5, 5.41) is 8.89. The van der Waals surface area contributed by atoms with Crippen molar-refractivity contribution in [3.05, 3.63) is 59.7 Å². The second kappa shape index (κ2) is 7.36. The summed E-state index contributed by atoms with van der Waals surface area (Å²) in [5.41, 5.74) is 2.21. The zero-order valence-electron chi connectivity index (χ0n) is 13.6. The number of aliphatic carboxylic acids is 1. The molecule has 0 aromatic heterocycles. The fourth-order valence-electron chi connectivity index (χ4n) is 2.73. The van der Waals surface area contributed by atoms with E-state index in [1.807, 2.05) is 48.5 Å². The molecule has 0 spiro atoms. The molecule has 5 nitrogen and oxygen atoms in total. The van der Waals surface area contributed by atoms with E-state index in [2.05, 4.69) is 4.90 Å². The molecule has 0 radical (unpaired) electrons. The Morgan fingerprint density at radius 3 is 2.54 bits per heavy atom. The maximum Gasteiger partial charge on any atom is 0.309 e. The molecule has 2 aromatic carbocycles. The van der Waals surface area contributed by atoms with E-state index in [9.17, 15) is 4.79 Å². The van der Waals surface area contributed by atoms with Crippen molar-refractivity contribution in [3.63, 3.8) is 0 Å². The highest BCUT2D eigenvalue weighted by Gasteiger charge is 2.31. The van der Waals surface area contributed by atoms with Gasteiger partial charge in [0.25, 0.3) is 0 Å². The number of likely N-dealkylation sites (tertiary alicyclic amines) is 1. The molecule has 24 heavy (non-hydrogen) atoms. The molecular formula is C19H21NO4. The summed E-state index contributed by atoms with van der Waals surface area (Å²) >= 11 is 0. The average Bonchev–Trinajstić information content (AvgIpc) is 2.56. The van der Waals surface area contributed by atoms with Crippen molar-refractivity contribution in [3.8, 4) is 11.5 Å². The molecule has 0 bridgehead atoms. The highest BCUT2D eigenvalue weighted by Crippen LogP contribution is 2.21. The first-order valence-electron chi connectivity index (χ1n) is 7.94. The molecule has 0 saturated carbocycles. The number of benzene rings is 2. The highest BCUT2D eigenvalue weighted by molar-refractivity contribution is 5.71.